The number of nitrogens with two attached hydrogens (primary N) is 2. The summed E-state index contributed by atoms with van der Waals surface area (Å²) in [7, 11) is 1.73. The number of fused-ring (bicyclic) bond motifs is 1. The molecule has 0 radical (unpaired) electrons. The van der Waals surface area contributed by atoms with E-state index in [0.29, 0.717) is 6.04 Å². The molecule has 2 aliphatic heterocycles. The van der Waals surface area contributed by atoms with Gasteiger partial charge >= 0.3 is 0 Å². The van der Waals surface area contributed by atoms with Gasteiger partial charge in [0.25, 0.3) is 0 Å². The monoisotopic (exact) mass is 364 g/mol. The molecule has 1 fully saturated rings. The van der Waals surface area contributed by atoms with Crippen LogP contribution in [0.25, 0.3) is 5.57 Å². The number of hydrogen-bond donors (Lipinski definition) is 3. The maximum Gasteiger partial charge on any atom is 0.123 e. The molecule has 5 N–H and O–H groups in total. The highest BCUT2D eigenvalue weighted by Gasteiger charge is 2.24. The second-order valence-corrected chi connectivity index (χ2v) is 7.43. The van der Waals surface area contributed by atoms with E-state index in [0.717, 1.165) is 49.4 Å². The molecule has 1 saturated heterocycles. The summed E-state index contributed by atoms with van der Waals surface area (Å²) in [5.74, 6) is 0.898. The third kappa shape index (κ3) is 3.72. The van der Waals surface area contributed by atoms with Crippen LogP contribution in [0.5, 0.6) is 5.75 Å². The first-order valence-corrected chi connectivity index (χ1v) is 9.62. The van der Waals surface area contributed by atoms with Crippen molar-refractivity contribution >= 4 is 5.57 Å². The first kappa shape index (κ1) is 18.0. The summed E-state index contributed by atoms with van der Waals surface area (Å²) in [6.45, 7) is 2.93. The Hall–Kier alpha value is -2.34. The molecule has 1 atom stereocenters. The van der Waals surface area contributed by atoms with Crippen molar-refractivity contribution in [2.45, 2.75) is 31.6 Å². The van der Waals surface area contributed by atoms with Crippen molar-refractivity contribution < 1.29 is 4.74 Å². The minimum Gasteiger partial charge on any atom is -0.496 e. The third-order valence-electron chi connectivity index (χ3n) is 5.60. The Morgan fingerprint density at radius 3 is 2.56 bits per heavy atom. The maximum atomic E-state index is 6.32. The summed E-state index contributed by atoms with van der Waals surface area (Å²) in [5.41, 5.74) is 18.2. The zero-order chi connectivity index (χ0) is 18.8. The fourth-order valence-corrected chi connectivity index (χ4v) is 3.99. The van der Waals surface area contributed by atoms with Crippen molar-refractivity contribution in [2.75, 3.05) is 20.2 Å². The van der Waals surface area contributed by atoms with Gasteiger partial charge in [-0.2, -0.15) is 0 Å². The van der Waals surface area contributed by atoms with E-state index in [4.69, 9.17) is 16.2 Å². The van der Waals surface area contributed by atoms with Crippen LogP contribution in [0, 0.1) is 0 Å². The van der Waals surface area contributed by atoms with Gasteiger partial charge in [0.2, 0.25) is 0 Å². The normalized spacial score (nSPS) is 20.6. The van der Waals surface area contributed by atoms with Crippen LogP contribution in [0.1, 0.15) is 41.3 Å². The fraction of sp³-hybridized carbons (Fsp3) is 0.364. The van der Waals surface area contributed by atoms with E-state index in [1.165, 1.54) is 16.7 Å². The van der Waals surface area contributed by atoms with E-state index in [1.54, 1.807) is 7.11 Å². The molecule has 1 unspecified atom stereocenters. The van der Waals surface area contributed by atoms with Gasteiger partial charge in [-0.25, -0.2) is 0 Å². The molecule has 0 spiro atoms. The molecule has 4 rings (SSSR count). The van der Waals surface area contributed by atoms with E-state index in [1.807, 2.05) is 12.3 Å². The Morgan fingerprint density at radius 2 is 1.85 bits per heavy atom. The van der Waals surface area contributed by atoms with Crippen molar-refractivity contribution in [2.24, 2.45) is 11.5 Å². The lowest BCUT2D eigenvalue weighted by atomic mass is 9.89. The Bertz CT molecular complexity index is 826. The molecular formula is C22H28N4O. The molecule has 5 nitrogen and oxygen atoms in total. The largest absolute Gasteiger partial charge is 0.496 e. The zero-order valence-corrected chi connectivity index (χ0v) is 15.8. The zero-order valence-electron chi connectivity index (χ0n) is 15.8. The number of likely N-dealkylation sites (tertiary alicyclic amines) is 1. The molecule has 142 valence electrons. The van der Waals surface area contributed by atoms with Gasteiger partial charge in [-0.1, -0.05) is 30.3 Å². The second kappa shape index (κ2) is 7.72. The molecule has 2 aliphatic rings. The third-order valence-corrected chi connectivity index (χ3v) is 5.60. The summed E-state index contributed by atoms with van der Waals surface area (Å²) < 4.78 is 5.71. The van der Waals surface area contributed by atoms with E-state index >= 15 is 0 Å². The summed E-state index contributed by atoms with van der Waals surface area (Å²) in [4.78, 5) is 2.46. The molecule has 5 heteroatoms. The van der Waals surface area contributed by atoms with Crippen LogP contribution in [0.2, 0.25) is 0 Å². The second-order valence-electron chi connectivity index (χ2n) is 7.43. The molecule has 2 heterocycles. The smallest absolute Gasteiger partial charge is 0.123 e. The predicted molar refractivity (Wildman–Crippen MR) is 109 cm³/mol. The Morgan fingerprint density at radius 1 is 1.11 bits per heavy atom. The van der Waals surface area contributed by atoms with Gasteiger partial charge < -0.3 is 21.5 Å². The first-order valence-electron chi connectivity index (χ1n) is 9.62. The standard InChI is InChI=1S/C22H28N4O/c1-27-21-12-19-18(11-16(21)14-26-9-7-17(23)8-10-26)20(13-25-22(19)24)15-5-3-2-4-6-15/h2-6,11-13,17,22,25H,7-10,14,23-24H2,1H3. The predicted octanol–water partition coefficient (Wildman–Crippen LogP) is 2.57. The van der Waals surface area contributed by atoms with Crippen LogP contribution in [-0.4, -0.2) is 31.1 Å². The van der Waals surface area contributed by atoms with Gasteiger partial charge in [0.05, 0.1) is 7.11 Å². The van der Waals surface area contributed by atoms with E-state index in [9.17, 15) is 0 Å². The quantitative estimate of drug-likeness (QED) is 0.777. The van der Waals surface area contributed by atoms with E-state index in [-0.39, 0.29) is 6.17 Å². The molecule has 2 aromatic carbocycles. The van der Waals surface area contributed by atoms with Crippen molar-refractivity contribution in [1.82, 2.24) is 10.2 Å². The number of hydrogen-bond acceptors (Lipinski definition) is 5. The van der Waals surface area contributed by atoms with Crippen molar-refractivity contribution in [3.05, 3.63) is 70.9 Å². The van der Waals surface area contributed by atoms with Crippen LogP contribution in [0.4, 0.5) is 0 Å². The van der Waals surface area contributed by atoms with Crippen molar-refractivity contribution in [3.63, 3.8) is 0 Å². The average molecular weight is 364 g/mol. The number of ether oxygens (including phenoxy) is 1. The molecule has 2 aromatic rings. The average Bonchev–Trinajstić information content (AvgIpc) is 2.70. The van der Waals surface area contributed by atoms with Crippen LogP contribution >= 0.6 is 0 Å². The summed E-state index contributed by atoms with van der Waals surface area (Å²) >= 11 is 0. The number of rotatable bonds is 4. The highest BCUT2D eigenvalue weighted by molar-refractivity contribution is 5.83. The number of benzene rings is 2. The number of nitrogens with zero attached hydrogens (tertiary/aromatic N) is 1. The van der Waals surface area contributed by atoms with E-state index < -0.39 is 0 Å². The van der Waals surface area contributed by atoms with Crippen LogP contribution in [0.3, 0.4) is 0 Å². The van der Waals surface area contributed by atoms with Crippen molar-refractivity contribution in [3.8, 4) is 5.75 Å². The Balaban J connectivity index is 1.70. The van der Waals surface area contributed by atoms with Gasteiger partial charge in [0.15, 0.2) is 0 Å². The molecule has 0 amide bonds. The highest BCUT2D eigenvalue weighted by atomic mass is 16.5. The molecule has 27 heavy (non-hydrogen) atoms. The molecular weight excluding hydrogens is 336 g/mol. The maximum absolute atomic E-state index is 6.32. The number of piperidine rings is 1. The Labute approximate surface area is 161 Å². The fourth-order valence-electron chi connectivity index (χ4n) is 3.99. The lowest BCUT2D eigenvalue weighted by Crippen LogP contribution is -2.39. The Kier molecular flexibility index (Phi) is 5.16. The van der Waals surface area contributed by atoms with Gasteiger partial charge in [0.1, 0.15) is 11.9 Å². The van der Waals surface area contributed by atoms with Crippen LogP contribution in [0.15, 0.2) is 48.7 Å². The summed E-state index contributed by atoms with van der Waals surface area (Å²) in [6.07, 6.45) is 3.90. The van der Waals surface area contributed by atoms with Gasteiger partial charge in [-0.05, 0) is 49.2 Å². The minimum atomic E-state index is -0.233. The lowest BCUT2D eigenvalue weighted by molar-refractivity contribution is 0.203. The highest BCUT2D eigenvalue weighted by Crippen LogP contribution is 2.36. The first-order chi connectivity index (χ1) is 13.2. The van der Waals surface area contributed by atoms with Crippen LogP contribution in [-0.2, 0) is 6.54 Å². The van der Waals surface area contributed by atoms with Gasteiger partial charge in [0, 0.05) is 35.5 Å². The van der Waals surface area contributed by atoms with Gasteiger partial charge in [-0.3, -0.25) is 4.90 Å². The lowest BCUT2D eigenvalue weighted by Gasteiger charge is -2.31. The molecule has 0 aliphatic carbocycles. The topological polar surface area (TPSA) is 76.5 Å². The minimum absolute atomic E-state index is 0.233. The van der Waals surface area contributed by atoms with Gasteiger partial charge in [-0.15, -0.1) is 0 Å². The SMILES string of the molecule is COc1cc2c(cc1CN1CCC(N)CC1)C(c1ccccc1)=CNC2N. The number of nitrogens with one attached hydrogen (secondary N) is 1. The summed E-state index contributed by atoms with van der Waals surface area (Å²) in [5, 5.41) is 3.28. The number of methoxy groups -OCH3 is 1. The molecule has 0 aromatic heterocycles. The van der Waals surface area contributed by atoms with Crippen molar-refractivity contribution in [1.29, 1.82) is 0 Å². The summed E-state index contributed by atoms with van der Waals surface area (Å²) in [6, 6.07) is 15.1. The van der Waals surface area contributed by atoms with E-state index in [2.05, 4.69) is 46.6 Å². The molecule has 0 bridgehead atoms. The van der Waals surface area contributed by atoms with Crippen LogP contribution < -0.4 is 21.5 Å². The molecule has 0 saturated carbocycles.